The van der Waals surface area contributed by atoms with Gasteiger partial charge in [-0.1, -0.05) is 6.92 Å². The van der Waals surface area contributed by atoms with Crippen LogP contribution in [0.1, 0.15) is 21.5 Å². The van der Waals surface area contributed by atoms with E-state index in [4.69, 9.17) is 9.47 Å². The SMILES string of the molecule is CCc1sc(C(=O)Nc2ccc(OC)c(OC)c2)cc1Br. The number of nitrogens with one attached hydrogen (secondary N) is 1. The van der Waals surface area contributed by atoms with Gasteiger partial charge < -0.3 is 14.8 Å². The molecule has 21 heavy (non-hydrogen) atoms. The fourth-order valence-electron chi connectivity index (χ4n) is 1.87. The zero-order chi connectivity index (χ0) is 15.4. The molecular formula is C15H16BrNO3S. The number of amides is 1. The Bertz CT molecular complexity index is 654. The van der Waals surface area contributed by atoms with Crippen molar-refractivity contribution in [1.29, 1.82) is 0 Å². The van der Waals surface area contributed by atoms with Crippen molar-refractivity contribution in [2.75, 3.05) is 19.5 Å². The summed E-state index contributed by atoms with van der Waals surface area (Å²) < 4.78 is 11.4. The molecule has 1 aromatic heterocycles. The highest BCUT2D eigenvalue weighted by molar-refractivity contribution is 9.10. The second-order valence-electron chi connectivity index (χ2n) is 4.26. The van der Waals surface area contributed by atoms with Crippen molar-refractivity contribution in [1.82, 2.24) is 0 Å². The van der Waals surface area contributed by atoms with Crippen LogP contribution in [0.25, 0.3) is 0 Å². The standard InChI is InChI=1S/C15H16BrNO3S/c1-4-13-10(16)8-14(21-13)15(18)17-9-5-6-11(19-2)12(7-9)20-3/h5-8H,4H2,1-3H3,(H,17,18). The molecule has 0 atom stereocenters. The average molecular weight is 370 g/mol. The van der Waals surface area contributed by atoms with Crippen molar-refractivity contribution in [3.8, 4) is 11.5 Å². The molecule has 0 spiro atoms. The Morgan fingerprint density at radius 2 is 1.95 bits per heavy atom. The second-order valence-corrected chi connectivity index (χ2v) is 6.25. The summed E-state index contributed by atoms with van der Waals surface area (Å²) >= 11 is 4.96. The Hall–Kier alpha value is -1.53. The van der Waals surface area contributed by atoms with E-state index in [-0.39, 0.29) is 5.91 Å². The lowest BCUT2D eigenvalue weighted by molar-refractivity contribution is 0.103. The van der Waals surface area contributed by atoms with Crippen LogP contribution in [0.2, 0.25) is 0 Å². The van der Waals surface area contributed by atoms with Gasteiger partial charge in [0.1, 0.15) is 0 Å². The Kier molecular flexibility index (Phi) is 5.25. The van der Waals surface area contributed by atoms with Crippen molar-refractivity contribution in [2.24, 2.45) is 0 Å². The third kappa shape index (κ3) is 3.57. The van der Waals surface area contributed by atoms with Gasteiger partial charge in [-0.2, -0.15) is 0 Å². The third-order valence-electron chi connectivity index (χ3n) is 2.94. The van der Waals surface area contributed by atoms with E-state index < -0.39 is 0 Å². The lowest BCUT2D eigenvalue weighted by Crippen LogP contribution is -2.10. The lowest BCUT2D eigenvalue weighted by Gasteiger charge is -2.10. The van der Waals surface area contributed by atoms with Gasteiger partial charge in [0.15, 0.2) is 11.5 Å². The highest BCUT2D eigenvalue weighted by atomic mass is 79.9. The Labute approximate surface area is 136 Å². The maximum absolute atomic E-state index is 12.3. The number of methoxy groups -OCH3 is 2. The molecule has 0 aliphatic heterocycles. The number of aryl methyl sites for hydroxylation is 1. The van der Waals surface area contributed by atoms with Gasteiger partial charge in [-0.25, -0.2) is 0 Å². The maximum atomic E-state index is 12.3. The van der Waals surface area contributed by atoms with E-state index in [1.54, 1.807) is 32.4 Å². The third-order valence-corrected chi connectivity index (χ3v) is 5.19. The monoisotopic (exact) mass is 369 g/mol. The molecule has 0 aliphatic rings. The molecule has 0 aliphatic carbocycles. The van der Waals surface area contributed by atoms with E-state index in [0.29, 0.717) is 22.1 Å². The first-order valence-electron chi connectivity index (χ1n) is 6.40. The molecule has 1 N–H and O–H groups in total. The molecule has 0 saturated carbocycles. The maximum Gasteiger partial charge on any atom is 0.265 e. The van der Waals surface area contributed by atoms with Crippen LogP contribution in [0.4, 0.5) is 5.69 Å². The van der Waals surface area contributed by atoms with E-state index in [9.17, 15) is 4.79 Å². The minimum Gasteiger partial charge on any atom is -0.493 e. The minimum absolute atomic E-state index is 0.132. The largest absolute Gasteiger partial charge is 0.493 e. The van der Waals surface area contributed by atoms with Crippen molar-refractivity contribution in [2.45, 2.75) is 13.3 Å². The summed E-state index contributed by atoms with van der Waals surface area (Å²) in [5.41, 5.74) is 0.667. The molecule has 0 bridgehead atoms. The van der Waals surface area contributed by atoms with Crippen LogP contribution in [0.5, 0.6) is 11.5 Å². The zero-order valence-electron chi connectivity index (χ0n) is 12.0. The molecule has 1 aromatic carbocycles. The zero-order valence-corrected chi connectivity index (χ0v) is 14.4. The fraction of sp³-hybridized carbons (Fsp3) is 0.267. The van der Waals surface area contributed by atoms with Crippen molar-refractivity contribution in [3.63, 3.8) is 0 Å². The second kappa shape index (κ2) is 6.95. The van der Waals surface area contributed by atoms with Crippen molar-refractivity contribution in [3.05, 3.63) is 38.5 Å². The molecule has 0 fully saturated rings. The first kappa shape index (κ1) is 15.9. The number of carbonyl (C=O) groups is 1. The predicted molar refractivity (Wildman–Crippen MR) is 88.9 cm³/mol. The van der Waals surface area contributed by atoms with Crippen LogP contribution in [0.3, 0.4) is 0 Å². The Balaban J connectivity index is 2.18. The molecule has 0 saturated heterocycles. The normalized spacial score (nSPS) is 10.3. The van der Waals surface area contributed by atoms with Gasteiger partial charge in [-0.15, -0.1) is 11.3 Å². The van der Waals surface area contributed by atoms with E-state index in [0.717, 1.165) is 15.8 Å². The number of hydrogen-bond acceptors (Lipinski definition) is 4. The smallest absolute Gasteiger partial charge is 0.265 e. The summed E-state index contributed by atoms with van der Waals surface area (Å²) in [5.74, 6) is 1.08. The highest BCUT2D eigenvalue weighted by Crippen LogP contribution is 2.31. The first-order valence-corrected chi connectivity index (χ1v) is 8.01. The molecule has 0 unspecified atom stereocenters. The van der Waals surface area contributed by atoms with Crippen LogP contribution >= 0.6 is 27.3 Å². The molecule has 6 heteroatoms. The van der Waals surface area contributed by atoms with E-state index >= 15 is 0 Å². The highest BCUT2D eigenvalue weighted by Gasteiger charge is 2.13. The number of halogens is 1. The van der Waals surface area contributed by atoms with Crippen LogP contribution in [0.15, 0.2) is 28.7 Å². The molecule has 1 heterocycles. The van der Waals surface area contributed by atoms with Crippen LogP contribution < -0.4 is 14.8 Å². The minimum atomic E-state index is -0.132. The van der Waals surface area contributed by atoms with E-state index in [2.05, 4.69) is 28.2 Å². The van der Waals surface area contributed by atoms with Crippen LogP contribution in [-0.2, 0) is 6.42 Å². The van der Waals surface area contributed by atoms with Gasteiger partial charge >= 0.3 is 0 Å². The van der Waals surface area contributed by atoms with Crippen molar-refractivity contribution >= 4 is 38.9 Å². The van der Waals surface area contributed by atoms with Gasteiger partial charge in [0.2, 0.25) is 0 Å². The molecule has 2 aromatic rings. The number of anilines is 1. The Morgan fingerprint density at radius 1 is 1.24 bits per heavy atom. The van der Waals surface area contributed by atoms with Gasteiger partial charge in [0.25, 0.3) is 5.91 Å². The molecule has 1 amide bonds. The predicted octanol–water partition coefficient (Wildman–Crippen LogP) is 4.34. The van der Waals surface area contributed by atoms with Crippen LogP contribution in [0, 0.1) is 0 Å². The molecular weight excluding hydrogens is 354 g/mol. The summed E-state index contributed by atoms with van der Waals surface area (Å²) in [6, 6.07) is 7.12. The number of benzene rings is 1. The number of thiophene rings is 1. The average Bonchev–Trinajstić information content (AvgIpc) is 2.88. The molecule has 2 rings (SSSR count). The van der Waals surface area contributed by atoms with Crippen molar-refractivity contribution < 1.29 is 14.3 Å². The molecule has 0 radical (unpaired) electrons. The quantitative estimate of drug-likeness (QED) is 0.852. The summed E-state index contributed by atoms with van der Waals surface area (Å²) in [4.78, 5) is 14.1. The lowest BCUT2D eigenvalue weighted by atomic mass is 10.2. The summed E-state index contributed by atoms with van der Waals surface area (Å²) in [6.45, 7) is 2.06. The summed E-state index contributed by atoms with van der Waals surface area (Å²) in [6.07, 6.45) is 0.898. The number of rotatable bonds is 5. The van der Waals surface area contributed by atoms with Crippen LogP contribution in [-0.4, -0.2) is 20.1 Å². The van der Waals surface area contributed by atoms with Gasteiger partial charge in [0, 0.05) is 21.1 Å². The topological polar surface area (TPSA) is 47.6 Å². The summed E-state index contributed by atoms with van der Waals surface area (Å²) in [7, 11) is 3.14. The van der Waals surface area contributed by atoms with E-state index in [1.807, 2.05) is 6.07 Å². The molecule has 112 valence electrons. The number of carbonyl (C=O) groups excluding carboxylic acids is 1. The Morgan fingerprint density at radius 3 is 2.52 bits per heavy atom. The number of hydrogen-bond donors (Lipinski definition) is 1. The van der Waals surface area contributed by atoms with E-state index in [1.165, 1.54) is 11.3 Å². The van der Waals surface area contributed by atoms with Gasteiger partial charge in [0.05, 0.1) is 19.1 Å². The first-order chi connectivity index (χ1) is 10.1. The number of ether oxygens (including phenoxy) is 2. The summed E-state index contributed by atoms with van der Waals surface area (Å²) in [5, 5.41) is 2.86. The van der Waals surface area contributed by atoms with Gasteiger partial charge in [-0.3, -0.25) is 4.79 Å². The fourth-order valence-corrected chi connectivity index (χ4v) is 3.66. The van der Waals surface area contributed by atoms with Gasteiger partial charge in [-0.05, 0) is 40.5 Å². The molecule has 4 nitrogen and oxygen atoms in total.